The zero-order valence-electron chi connectivity index (χ0n) is 11.4. The van der Waals surface area contributed by atoms with Crippen molar-refractivity contribution in [3.8, 4) is 0 Å². The van der Waals surface area contributed by atoms with Crippen LogP contribution >= 0.6 is 0 Å². The van der Waals surface area contributed by atoms with Crippen molar-refractivity contribution in [3.05, 3.63) is 0 Å². The first kappa shape index (κ1) is 12.9. The van der Waals surface area contributed by atoms with E-state index in [9.17, 15) is 4.79 Å². The van der Waals surface area contributed by atoms with Crippen LogP contribution in [0.4, 0.5) is 0 Å². The van der Waals surface area contributed by atoms with Gasteiger partial charge in [-0.25, -0.2) is 0 Å². The first-order chi connectivity index (χ1) is 7.98. The van der Waals surface area contributed by atoms with E-state index in [0.717, 1.165) is 32.4 Å². The second kappa shape index (κ2) is 4.60. The largest absolute Gasteiger partial charge is 0.342 e. The van der Waals surface area contributed by atoms with E-state index in [1.54, 1.807) is 0 Å². The van der Waals surface area contributed by atoms with E-state index in [1.807, 2.05) is 0 Å². The van der Waals surface area contributed by atoms with Gasteiger partial charge in [0.05, 0.1) is 0 Å². The maximum absolute atomic E-state index is 12.4. The van der Waals surface area contributed by atoms with Crippen molar-refractivity contribution in [2.45, 2.75) is 52.5 Å². The van der Waals surface area contributed by atoms with Crippen molar-refractivity contribution in [2.75, 3.05) is 13.1 Å². The fraction of sp³-hybridized carbons (Fsp3) is 0.929. The highest BCUT2D eigenvalue weighted by Gasteiger charge is 2.54. The number of hydrogen-bond donors (Lipinski definition) is 1. The van der Waals surface area contributed by atoms with Crippen molar-refractivity contribution in [2.24, 2.45) is 23.0 Å². The summed E-state index contributed by atoms with van der Waals surface area (Å²) in [5, 5.41) is 0. The first-order valence-electron chi connectivity index (χ1n) is 7.02. The van der Waals surface area contributed by atoms with E-state index >= 15 is 0 Å². The number of hydrogen-bond acceptors (Lipinski definition) is 2. The lowest BCUT2D eigenvalue weighted by molar-refractivity contribution is -0.135. The summed E-state index contributed by atoms with van der Waals surface area (Å²) in [6.45, 7) is 8.31. The van der Waals surface area contributed by atoms with Crippen molar-refractivity contribution < 1.29 is 4.79 Å². The Balaban J connectivity index is 1.92. The molecule has 0 spiro atoms. The second-order valence-corrected chi connectivity index (χ2v) is 6.31. The van der Waals surface area contributed by atoms with Gasteiger partial charge in [0.15, 0.2) is 0 Å². The number of carbonyl (C=O) groups is 1. The standard InChI is InChI=1S/C14H26N2O/c1-4-14(3)8-12(14)13(17)16-7-5-6-11(9-16)10(2)15/h10-12H,4-9,15H2,1-3H3. The van der Waals surface area contributed by atoms with Crippen LogP contribution < -0.4 is 5.73 Å². The number of amides is 1. The van der Waals surface area contributed by atoms with E-state index in [-0.39, 0.29) is 6.04 Å². The molecule has 4 atom stereocenters. The van der Waals surface area contributed by atoms with Gasteiger partial charge in [-0.15, -0.1) is 0 Å². The number of piperidine rings is 1. The van der Waals surface area contributed by atoms with Gasteiger partial charge in [0.25, 0.3) is 0 Å². The molecule has 0 aromatic rings. The average Bonchev–Trinajstić information content (AvgIpc) is 3.01. The van der Waals surface area contributed by atoms with Crippen LogP contribution in [0, 0.1) is 17.3 Å². The minimum Gasteiger partial charge on any atom is -0.342 e. The Morgan fingerprint density at radius 3 is 2.82 bits per heavy atom. The van der Waals surface area contributed by atoms with Gasteiger partial charge in [-0.1, -0.05) is 13.8 Å². The van der Waals surface area contributed by atoms with Gasteiger partial charge in [-0.3, -0.25) is 4.79 Å². The summed E-state index contributed by atoms with van der Waals surface area (Å²) in [5.74, 6) is 1.18. The zero-order valence-corrected chi connectivity index (χ0v) is 11.4. The Bertz CT molecular complexity index is 303. The third-order valence-electron chi connectivity index (χ3n) is 4.97. The molecular formula is C14H26N2O. The molecule has 1 amide bonds. The summed E-state index contributed by atoms with van der Waals surface area (Å²) in [7, 11) is 0. The van der Waals surface area contributed by atoms with Gasteiger partial charge in [-0.2, -0.15) is 0 Å². The monoisotopic (exact) mass is 238 g/mol. The summed E-state index contributed by atoms with van der Waals surface area (Å²) in [4.78, 5) is 14.5. The molecule has 1 saturated carbocycles. The lowest BCUT2D eigenvalue weighted by Crippen LogP contribution is -2.46. The third kappa shape index (κ3) is 2.49. The maximum Gasteiger partial charge on any atom is 0.226 e. The van der Waals surface area contributed by atoms with Crippen LogP contribution in [-0.4, -0.2) is 29.9 Å². The van der Waals surface area contributed by atoms with Crippen molar-refractivity contribution >= 4 is 5.91 Å². The minimum atomic E-state index is 0.211. The lowest BCUT2D eigenvalue weighted by atomic mass is 9.91. The molecule has 0 radical (unpaired) electrons. The predicted molar refractivity (Wildman–Crippen MR) is 69.5 cm³/mol. The molecule has 0 bridgehead atoms. The van der Waals surface area contributed by atoms with E-state index in [1.165, 1.54) is 6.42 Å². The Labute approximate surface area is 105 Å². The number of nitrogens with zero attached hydrogens (tertiary/aromatic N) is 1. The van der Waals surface area contributed by atoms with Crippen LogP contribution in [0.2, 0.25) is 0 Å². The molecule has 2 rings (SSSR count). The highest BCUT2D eigenvalue weighted by atomic mass is 16.2. The van der Waals surface area contributed by atoms with Crippen LogP contribution in [0.5, 0.6) is 0 Å². The molecule has 3 heteroatoms. The third-order valence-corrected chi connectivity index (χ3v) is 4.97. The van der Waals surface area contributed by atoms with Gasteiger partial charge >= 0.3 is 0 Å². The Hall–Kier alpha value is -0.570. The molecule has 4 unspecified atom stereocenters. The van der Waals surface area contributed by atoms with Crippen LogP contribution in [0.15, 0.2) is 0 Å². The smallest absolute Gasteiger partial charge is 0.226 e. The van der Waals surface area contributed by atoms with Gasteiger partial charge in [0, 0.05) is 25.0 Å². The molecule has 2 N–H and O–H groups in total. The van der Waals surface area contributed by atoms with E-state index < -0.39 is 0 Å². The molecule has 1 saturated heterocycles. The van der Waals surface area contributed by atoms with Crippen LogP contribution in [0.1, 0.15) is 46.5 Å². The summed E-state index contributed by atoms with van der Waals surface area (Å²) in [5.41, 5.74) is 6.25. The van der Waals surface area contributed by atoms with Crippen LogP contribution in [-0.2, 0) is 4.79 Å². The van der Waals surface area contributed by atoms with Crippen LogP contribution in [0.3, 0.4) is 0 Å². The predicted octanol–water partition coefficient (Wildman–Crippen LogP) is 2.01. The maximum atomic E-state index is 12.4. The van der Waals surface area contributed by atoms with Gasteiger partial charge < -0.3 is 10.6 Å². The Morgan fingerprint density at radius 2 is 2.29 bits per heavy atom. The summed E-state index contributed by atoms with van der Waals surface area (Å²) < 4.78 is 0. The molecule has 1 aliphatic heterocycles. The molecule has 3 nitrogen and oxygen atoms in total. The number of likely N-dealkylation sites (tertiary alicyclic amines) is 1. The summed E-state index contributed by atoms with van der Waals surface area (Å²) in [6.07, 6.45) is 4.50. The molecule has 1 heterocycles. The number of nitrogens with two attached hydrogens (primary N) is 1. The molecular weight excluding hydrogens is 212 g/mol. The Kier molecular flexibility index (Phi) is 3.48. The first-order valence-corrected chi connectivity index (χ1v) is 7.02. The molecule has 0 aromatic carbocycles. The van der Waals surface area contributed by atoms with Gasteiger partial charge in [0.1, 0.15) is 0 Å². The van der Waals surface area contributed by atoms with Gasteiger partial charge in [-0.05, 0) is 43.9 Å². The van der Waals surface area contributed by atoms with Crippen molar-refractivity contribution in [1.82, 2.24) is 4.90 Å². The molecule has 17 heavy (non-hydrogen) atoms. The van der Waals surface area contributed by atoms with Crippen molar-refractivity contribution in [3.63, 3.8) is 0 Å². The van der Waals surface area contributed by atoms with E-state index in [2.05, 4.69) is 25.7 Å². The highest BCUT2D eigenvalue weighted by Crippen LogP contribution is 2.55. The minimum absolute atomic E-state index is 0.211. The van der Waals surface area contributed by atoms with E-state index in [0.29, 0.717) is 23.2 Å². The molecule has 98 valence electrons. The van der Waals surface area contributed by atoms with Crippen LogP contribution in [0.25, 0.3) is 0 Å². The normalized spacial score (nSPS) is 38.9. The van der Waals surface area contributed by atoms with Gasteiger partial charge in [0.2, 0.25) is 5.91 Å². The molecule has 0 aromatic heterocycles. The lowest BCUT2D eigenvalue weighted by Gasteiger charge is -2.35. The molecule has 2 aliphatic rings. The fourth-order valence-corrected chi connectivity index (χ4v) is 3.04. The Morgan fingerprint density at radius 1 is 1.59 bits per heavy atom. The average molecular weight is 238 g/mol. The summed E-state index contributed by atoms with van der Waals surface area (Å²) in [6, 6.07) is 0.211. The van der Waals surface area contributed by atoms with E-state index in [4.69, 9.17) is 5.73 Å². The molecule has 2 fully saturated rings. The number of carbonyl (C=O) groups excluding carboxylic acids is 1. The van der Waals surface area contributed by atoms with Crippen molar-refractivity contribution in [1.29, 1.82) is 0 Å². The second-order valence-electron chi connectivity index (χ2n) is 6.31. The fourth-order valence-electron chi connectivity index (χ4n) is 3.04. The SMILES string of the molecule is CCC1(C)CC1C(=O)N1CCCC(C(C)N)C1. The topological polar surface area (TPSA) is 46.3 Å². The zero-order chi connectivity index (χ0) is 12.6. The number of rotatable bonds is 3. The highest BCUT2D eigenvalue weighted by molar-refractivity contribution is 5.82. The molecule has 1 aliphatic carbocycles. The quantitative estimate of drug-likeness (QED) is 0.817. The summed E-state index contributed by atoms with van der Waals surface area (Å²) >= 11 is 0.